The molecule has 0 saturated carbocycles. The normalized spacial score (nSPS) is 10.0. The highest BCUT2D eigenvalue weighted by atomic mass is 32.1. The number of rotatable bonds is 1. The summed E-state index contributed by atoms with van der Waals surface area (Å²) >= 11 is 1.35. The van der Waals surface area contributed by atoms with E-state index in [1.807, 2.05) is 0 Å². The third-order valence-electron chi connectivity index (χ3n) is 1.44. The summed E-state index contributed by atoms with van der Waals surface area (Å²) in [6.45, 7) is 0. The lowest BCUT2D eigenvalue weighted by molar-refractivity contribution is 0.475. The smallest absolute Gasteiger partial charge is 0.178 e. The van der Waals surface area contributed by atoms with Crippen LogP contribution in [0, 0.1) is 5.51 Å². The highest BCUT2D eigenvalue weighted by Crippen LogP contribution is 2.21. The van der Waals surface area contributed by atoms with Crippen molar-refractivity contribution < 1.29 is 5.11 Å². The summed E-state index contributed by atoms with van der Waals surface area (Å²) in [4.78, 5) is 0. The molecule has 0 unspecified atom stereocenters. The van der Waals surface area contributed by atoms with Crippen molar-refractivity contribution in [3.8, 4) is 16.3 Å². The Labute approximate surface area is 73.3 Å². The van der Waals surface area contributed by atoms with Gasteiger partial charge in [-0.2, -0.15) is 0 Å². The van der Waals surface area contributed by atoms with Gasteiger partial charge in [-0.1, -0.05) is 11.3 Å². The molecule has 1 aromatic carbocycles. The molecular weight excluding hydrogens is 172 g/mol. The average Bonchev–Trinajstić information content (AvgIpc) is 2.58. The van der Waals surface area contributed by atoms with Crippen LogP contribution in [0.5, 0.6) is 5.75 Å². The highest BCUT2D eigenvalue weighted by molar-refractivity contribution is 7.12. The van der Waals surface area contributed by atoms with Crippen molar-refractivity contribution in [2.45, 2.75) is 0 Å². The predicted octanol–water partition coefficient (Wildman–Crippen LogP) is 1.71. The van der Waals surface area contributed by atoms with Gasteiger partial charge in [-0.05, 0) is 24.3 Å². The van der Waals surface area contributed by atoms with Gasteiger partial charge in [-0.3, -0.25) is 0 Å². The van der Waals surface area contributed by atoms with Gasteiger partial charge in [-0.25, -0.2) is 0 Å². The Hall–Kier alpha value is -1.42. The zero-order valence-corrected chi connectivity index (χ0v) is 6.88. The molecular formula is C8H5N2OS. The molecule has 3 nitrogen and oxygen atoms in total. The van der Waals surface area contributed by atoms with Crippen molar-refractivity contribution in [1.29, 1.82) is 0 Å². The van der Waals surface area contributed by atoms with Crippen molar-refractivity contribution in [3.05, 3.63) is 29.8 Å². The molecule has 0 atom stereocenters. The second-order valence-electron chi connectivity index (χ2n) is 2.25. The van der Waals surface area contributed by atoms with Crippen LogP contribution in [-0.4, -0.2) is 15.3 Å². The summed E-state index contributed by atoms with van der Waals surface area (Å²) in [7, 11) is 0. The van der Waals surface area contributed by atoms with Gasteiger partial charge in [-0.15, -0.1) is 10.2 Å². The summed E-state index contributed by atoms with van der Waals surface area (Å²) in [5.74, 6) is 0.257. The minimum absolute atomic E-state index is 0.257. The first-order chi connectivity index (χ1) is 5.86. The Morgan fingerprint density at radius 1 is 1.25 bits per heavy atom. The number of aromatic hydroxyl groups is 1. The molecule has 0 bridgehead atoms. The Bertz CT molecular complexity index is 355. The maximum atomic E-state index is 9.01. The zero-order chi connectivity index (χ0) is 8.39. The van der Waals surface area contributed by atoms with Gasteiger partial charge in [0, 0.05) is 5.56 Å². The molecule has 59 valence electrons. The van der Waals surface area contributed by atoms with E-state index in [0.717, 1.165) is 10.6 Å². The van der Waals surface area contributed by atoms with Crippen molar-refractivity contribution in [2.24, 2.45) is 0 Å². The van der Waals surface area contributed by atoms with E-state index in [4.69, 9.17) is 5.11 Å². The van der Waals surface area contributed by atoms with E-state index in [9.17, 15) is 0 Å². The zero-order valence-electron chi connectivity index (χ0n) is 6.06. The lowest BCUT2D eigenvalue weighted by atomic mass is 10.2. The standard InChI is InChI=1S/C8H5N2OS/c11-7-3-1-6(2-4-7)8-10-9-5-12-8/h1-4,11H. The molecule has 0 aliphatic rings. The van der Waals surface area contributed by atoms with Crippen LogP contribution in [0.2, 0.25) is 0 Å². The SMILES string of the molecule is Oc1ccc(-c2nn[c]s2)cc1. The minimum Gasteiger partial charge on any atom is -0.508 e. The van der Waals surface area contributed by atoms with E-state index in [0.29, 0.717) is 0 Å². The molecule has 2 aromatic rings. The van der Waals surface area contributed by atoms with Crippen LogP contribution in [0.25, 0.3) is 10.6 Å². The topological polar surface area (TPSA) is 46.0 Å². The summed E-state index contributed by atoms with van der Waals surface area (Å²) in [5, 5.41) is 17.3. The van der Waals surface area contributed by atoms with Crippen LogP contribution < -0.4 is 0 Å². The molecule has 12 heavy (non-hydrogen) atoms. The predicted molar refractivity (Wildman–Crippen MR) is 45.8 cm³/mol. The maximum Gasteiger partial charge on any atom is 0.178 e. The molecule has 1 N–H and O–H groups in total. The molecule has 1 heterocycles. The summed E-state index contributed by atoms with van der Waals surface area (Å²) in [5.41, 5.74) is 3.61. The van der Waals surface area contributed by atoms with Crippen molar-refractivity contribution in [1.82, 2.24) is 10.2 Å². The van der Waals surface area contributed by atoms with Crippen LogP contribution in [-0.2, 0) is 0 Å². The van der Waals surface area contributed by atoms with Gasteiger partial charge in [0.2, 0.25) is 0 Å². The molecule has 4 heteroatoms. The number of hydrogen-bond acceptors (Lipinski definition) is 4. The maximum absolute atomic E-state index is 9.01. The lowest BCUT2D eigenvalue weighted by Crippen LogP contribution is -1.75. The number of nitrogens with zero attached hydrogens (tertiary/aromatic N) is 2. The third kappa shape index (κ3) is 1.29. The van der Waals surface area contributed by atoms with Gasteiger partial charge >= 0.3 is 0 Å². The van der Waals surface area contributed by atoms with Crippen molar-refractivity contribution in [3.63, 3.8) is 0 Å². The summed E-state index contributed by atoms with van der Waals surface area (Å²) in [6, 6.07) is 6.83. The Balaban J connectivity index is 2.43. The first-order valence-corrected chi connectivity index (χ1v) is 4.17. The fourth-order valence-electron chi connectivity index (χ4n) is 0.871. The van der Waals surface area contributed by atoms with Crippen LogP contribution in [0.1, 0.15) is 0 Å². The van der Waals surface area contributed by atoms with E-state index >= 15 is 0 Å². The summed E-state index contributed by atoms with van der Waals surface area (Å²) in [6.07, 6.45) is 0. The molecule has 1 aromatic heterocycles. The molecule has 2 rings (SSSR count). The number of benzene rings is 1. The molecule has 1 radical (unpaired) electrons. The Morgan fingerprint density at radius 2 is 2.00 bits per heavy atom. The summed E-state index contributed by atoms with van der Waals surface area (Å²) < 4.78 is 0. The van der Waals surface area contributed by atoms with Gasteiger partial charge < -0.3 is 5.11 Å². The first kappa shape index (κ1) is 7.24. The minimum atomic E-state index is 0.257. The van der Waals surface area contributed by atoms with Crippen LogP contribution in [0.4, 0.5) is 0 Å². The molecule has 0 amide bonds. The van der Waals surface area contributed by atoms with Crippen LogP contribution >= 0.6 is 11.3 Å². The fraction of sp³-hybridized carbons (Fsp3) is 0. The largest absolute Gasteiger partial charge is 0.508 e. The van der Waals surface area contributed by atoms with Crippen LogP contribution in [0.15, 0.2) is 24.3 Å². The average molecular weight is 177 g/mol. The van der Waals surface area contributed by atoms with Gasteiger partial charge in [0.25, 0.3) is 0 Å². The Kier molecular flexibility index (Phi) is 1.75. The van der Waals surface area contributed by atoms with E-state index in [-0.39, 0.29) is 5.75 Å². The second kappa shape index (κ2) is 2.91. The number of phenols is 1. The van der Waals surface area contributed by atoms with Gasteiger partial charge in [0.05, 0.1) is 0 Å². The molecule has 0 aliphatic heterocycles. The molecule has 0 fully saturated rings. The number of hydrogen-bond donors (Lipinski definition) is 1. The van der Waals surface area contributed by atoms with E-state index in [1.54, 1.807) is 24.3 Å². The van der Waals surface area contributed by atoms with E-state index in [2.05, 4.69) is 15.7 Å². The van der Waals surface area contributed by atoms with Crippen molar-refractivity contribution >= 4 is 11.3 Å². The Morgan fingerprint density at radius 3 is 2.58 bits per heavy atom. The van der Waals surface area contributed by atoms with E-state index in [1.165, 1.54) is 11.3 Å². The quantitative estimate of drug-likeness (QED) is 0.721. The van der Waals surface area contributed by atoms with E-state index < -0.39 is 0 Å². The van der Waals surface area contributed by atoms with Gasteiger partial charge in [0.1, 0.15) is 10.8 Å². The van der Waals surface area contributed by atoms with Crippen LogP contribution in [0.3, 0.4) is 0 Å². The monoisotopic (exact) mass is 177 g/mol. The number of aromatic nitrogens is 2. The van der Waals surface area contributed by atoms with Crippen molar-refractivity contribution in [2.75, 3.05) is 0 Å². The fourth-order valence-corrected chi connectivity index (χ4v) is 1.37. The third-order valence-corrected chi connectivity index (χ3v) is 2.12. The lowest BCUT2D eigenvalue weighted by Gasteiger charge is -1.93. The first-order valence-electron chi connectivity index (χ1n) is 3.35. The second-order valence-corrected chi connectivity index (χ2v) is 3.02. The van der Waals surface area contributed by atoms with Gasteiger partial charge in [0.15, 0.2) is 5.51 Å². The molecule has 0 spiro atoms. The number of phenolic OH excluding ortho intramolecular Hbond substituents is 1. The molecule has 0 aliphatic carbocycles. The highest BCUT2D eigenvalue weighted by Gasteiger charge is 1.99. The molecule has 0 saturated heterocycles.